The lowest BCUT2D eigenvalue weighted by Gasteiger charge is -2.19. The summed E-state index contributed by atoms with van der Waals surface area (Å²) in [5.41, 5.74) is -0.965. The lowest BCUT2D eigenvalue weighted by molar-refractivity contribution is -0.138. The molecule has 7 heteroatoms. The van der Waals surface area contributed by atoms with Crippen molar-refractivity contribution in [3.63, 3.8) is 0 Å². The molecule has 0 saturated carbocycles. The summed E-state index contributed by atoms with van der Waals surface area (Å²) < 4.78 is 43.4. The van der Waals surface area contributed by atoms with Gasteiger partial charge in [0.05, 0.1) is 24.1 Å². The fourth-order valence-electron chi connectivity index (χ4n) is 1.89. The molecule has 1 amide bonds. The van der Waals surface area contributed by atoms with Gasteiger partial charge < -0.3 is 9.64 Å². The summed E-state index contributed by atoms with van der Waals surface area (Å²) in [4.78, 5) is 13.7. The number of carbonyl (C=O) groups is 1. The lowest BCUT2D eigenvalue weighted by atomic mass is 10.1. The minimum atomic E-state index is -4.54. The minimum absolute atomic E-state index is 0.0418. The number of hydrogen-bond donors (Lipinski definition) is 0. The van der Waals surface area contributed by atoms with Crippen LogP contribution in [0.3, 0.4) is 0 Å². The number of rotatable bonds is 2. The number of halogens is 3. The van der Waals surface area contributed by atoms with E-state index in [1.165, 1.54) is 17.0 Å². The van der Waals surface area contributed by atoms with E-state index in [4.69, 9.17) is 4.74 Å². The Bertz CT molecular complexity index is 484. The van der Waals surface area contributed by atoms with E-state index in [0.717, 1.165) is 18.9 Å². The molecule has 1 aromatic carbocycles. The Kier molecular flexibility index (Phi) is 3.93. The molecule has 0 aliphatic carbocycles. The number of carbonyl (C=O) groups excluding carboxylic acids is 1. The number of nitrogens with zero attached hydrogens (tertiary/aromatic N) is 1. The summed E-state index contributed by atoms with van der Waals surface area (Å²) in [6.07, 6.45) is -4.54. The van der Waals surface area contributed by atoms with Crippen LogP contribution in [0.25, 0.3) is 0 Å². The van der Waals surface area contributed by atoms with Crippen molar-refractivity contribution < 1.29 is 22.7 Å². The van der Waals surface area contributed by atoms with Gasteiger partial charge in [0.2, 0.25) is 0 Å². The first kappa shape index (κ1) is 14.0. The van der Waals surface area contributed by atoms with Gasteiger partial charge in [-0.3, -0.25) is 4.79 Å². The first-order valence-corrected chi connectivity index (χ1v) is 6.72. The van der Waals surface area contributed by atoms with E-state index in [1.54, 1.807) is 11.8 Å². The predicted molar refractivity (Wildman–Crippen MR) is 66.4 cm³/mol. The molecule has 1 fully saturated rings. The average molecular weight is 291 g/mol. The highest BCUT2D eigenvalue weighted by Gasteiger charge is 2.36. The van der Waals surface area contributed by atoms with Crippen LogP contribution in [0.2, 0.25) is 0 Å². The Morgan fingerprint density at radius 3 is 2.68 bits per heavy atom. The molecule has 0 spiro atoms. The topological polar surface area (TPSA) is 29.5 Å². The number of methoxy groups -OCH3 is 1. The van der Waals surface area contributed by atoms with Crippen molar-refractivity contribution in [2.45, 2.75) is 6.18 Å². The van der Waals surface area contributed by atoms with Crippen LogP contribution in [0.4, 0.5) is 13.2 Å². The van der Waals surface area contributed by atoms with E-state index >= 15 is 0 Å². The lowest BCUT2D eigenvalue weighted by Crippen LogP contribution is -2.28. The second-order valence-corrected chi connectivity index (χ2v) is 5.06. The molecule has 0 bridgehead atoms. The third-order valence-electron chi connectivity index (χ3n) is 2.79. The summed E-state index contributed by atoms with van der Waals surface area (Å²) in [7, 11) is 1.14. The molecular formula is C12H12F3NO2S. The maximum Gasteiger partial charge on any atom is 0.419 e. The molecule has 1 saturated heterocycles. The molecule has 0 N–H and O–H groups in total. The number of thioether (sulfide) groups is 1. The molecule has 0 atom stereocenters. The van der Waals surface area contributed by atoms with E-state index < -0.39 is 23.4 Å². The average Bonchev–Trinajstić information content (AvgIpc) is 2.89. The molecule has 0 radical (unpaired) electrons. The van der Waals surface area contributed by atoms with Gasteiger partial charge in [-0.2, -0.15) is 13.2 Å². The van der Waals surface area contributed by atoms with Gasteiger partial charge in [0, 0.05) is 12.3 Å². The predicted octanol–water partition coefficient (Wildman–Crippen LogP) is 2.86. The SMILES string of the molecule is COc1c(C(=O)N2CCSC2)cccc1C(F)(F)F. The zero-order valence-corrected chi connectivity index (χ0v) is 11.0. The van der Waals surface area contributed by atoms with Crippen molar-refractivity contribution in [3.8, 4) is 5.75 Å². The minimum Gasteiger partial charge on any atom is -0.495 e. The highest BCUT2D eigenvalue weighted by Crippen LogP contribution is 2.38. The third-order valence-corrected chi connectivity index (χ3v) is 3.76. The molecule has 0 aromatic heterocycles. The zero-order chi connectivity index (χ0) is 14.0. The summed E-state index contributed by atoms with van der Waals surface area (Å²) in [6, 6.07) is 3.50. The van der Waals surface area contributed by atoms with Gasteiger partial charge in [-0.1, -0.05) is 6.07 Å². The molecule has 1 aliphatic rings. The molecule has 1 aromatic rings. The van der Waals surface area contributed by atoms with Gasteiger partial charge in [-0.05, 0) is 12.1 Å². The largest absolute Gasteiger partial charge is 0.495 e. The quantitative estimate of drug-likeness (QED) is 0.839. The fourth-order valence-corrected chi connectivity index (χ4v) is 2.84. The van der Waals surface area contributed by atoms with Crippen LogP contribution in [0.1, 0.15) is 15.9 Å². The van der Waals surface area contributed by atoms with E-state index in [2.05, 4.69) is 0 Å². The molecule has 0 unspecified atom stereocenters. The highest BCUT2D eigenvalue weighted by atomic mass is 32.2. The molecule has 1 heterocycles. The van der Waals surface area contributed by atoms with E-state index in [0.29, 0.717) is 12.4 Å². The summed E-state index contributed by atoms with van der Waals surface area (Å²) in [5.74, 6) is 0.468. The molecular weight excluding hydrogens is 279 g/mol. The first-order chi connectivity index (χ1) is 8.95. The van der Waals surface area contributed by atoms with Crippen molar-refractivity contribution in [2.75, 3.05) is 25.3 Å². The monoisotopic (exact) mass is 291 g/mol. The normalized spacial score (nSPS) is 15.7. The third kappa shape index (κ3) is 2.80. The van der Waals surface area contributed by atoms with Crippen LogP contribution in [0, 0.1) is 0 Å². The number of benzene rings is 1. The number of alkyl halides is 3. The standard InChI is InChI=1S/C12H12F3NO2S/c1-18-10-8(11(17)16-5-6-19-7-16)3-2-4-9(10)12(13,14)15/h2-4H,5-7H2,1H3. The Morgan fingerprint density at radius 1 is 1.42 bits per heavy atom. The molecule has 2 rings (SSSR count). The highest BCUT2D eigenvalue weighted by molar-refractivity contribution is 7.99. The number of hydrogen-bond acceptors (Lipinski definition) is 3. The Morgan fingerprint density at radius 2 is 2.16 bits per heavy atom. The van der Waals surface area contributed by atoms with Crippen molar-refractivity contribution in [2.24, 2.45) is 0 Å². The van der Waals surface area contributed by atoms with Gasteiger partial charge in [0.15, 0.2) is 0 Å². The van der Waals surface area contributed by atoms with E-state index in [1.807, 2.05) is 0 Å². The maximum absolute atomic E-state index is 12.8. The van der Waals surface area contributed by atoms with Crippen molar-refractivity contribution in [3.05, 3.63) is 29.3 Å². The van der Waals surface area contributed by atoms with Crippen LogP contribution >= 0.6 is 11.8 Å². The second-order valence-electron chi connectivity index (χ2n) is 3.99. The van der Waals surface area contributed by atoms with Crippen LogP contribution < -0.4 is 4.74 Å². The summed E-state index contributed by atoms with van der Waals surface area (Å²) >= 11 is 1.57. The van der Waals surface area contributed by atoms with Gasteiger partial charge in [-0.25, -0.2) is 0 Å². The number of ether oxygens (including phenoxy) is 1. The van der Waals surface area contributed by atoms with Crippen LogP contribution in [0.5, 0.6) is 5.75 Å². The van der Waals surface area contributed by atoms with Gasteiger partial charge in [0.25, 0.3) is 5.91 Å². The maximum atomic E-state index is 12.8. The summed E-state index contributed by atoms with van der Waals surface area (Å²) in [6.45, 7) is 0.545. The van der Waals surface area contributed by atoms with Gasteiger partial charge in [0.1, 0.15) is 5.75 Å². The number of para-hydroxylation sites is 1. The molecule has 3 nitrogen and oxygen atoms in total. The van der Waals surface area contributed by atoms with E-state index in [-0.39, 0.29) is 5.56 Å². The molecule has 104 valence electrons. The first-order valence-electron chi connectivity index (χ1n) is 5.56. The number of amides is 1. The molecule has 19 heavy (non-hydrogen) atoms. The van der Waals surface area contributed by atoms with E-state index in [9.17, 15) is 18.0 Å². The second kappa shape index (κ2) is 5.32. The van der Waals surface area contributed by atoms with Crippen LogP contribution in [-0.2, 0) is 6.18 Å². The summed E-state index contributed by atoms with van der Waals surface area (Å²) in [5, 5.41) is 0. The van der Waals surface area contributed by atoms with Crippen LogP contribution in [-0.4, -0.2) is 36.1 Å². The Labute approximate surface area is 112 Å². The van der Waals surface area contributed by atoms with Crippen molar-refractivity contribution >= 4 is 17.7 Å². The van der Waals surface area contributed by atoms with Crippen molar-refractivity contribution in [1.29, 1.82) is 0 Å². The van der Waals surface area contributed by atoms with Gasteiger partial charge in [-0.15, -0.1) is 11.8 Å². The Balaban J connectivity index is 2.42. The van der Waals surface area contributed by atoms with Gasteiger partial charge >= 0.3 is 6.18 Å². The Hall–Kier alpha value is -1.37. The van der Waals surface area contributed by atoms with Crippen LogP contribution in [0.15, 0.2) is 18.2 Å². The smallest absolute Gasteiger partial charge is 0.419 e. The molecule has 1 aliphatic heterocycles. The zero-order valence-electron chi connectivity index (χ0n) is 10.2. The fraction of sp³-hybridized carbons (Fsp3) is 0.417. The van der Waals surface area contributed by atoms with Crippen molar-refractivity contribution in [1.82, 2.24) is 4.90 Å².